The van der Waals surface area contributed by atoms with E-state index < -0.39 is 0 Å². The standard InChI is InChI=1S/C16H30N2O/c1-5-6-7-12(17)14(19)18-13-10-11-8-9-16(13,4)15(11,2)3/h11-13H,5-10,17H2,1-4H3,(H,18,19)/t11?,12-,13?,16?/m0/s1. The zero-order valence-corrected chi connectivity index (χ0v) is 13.0. The summed E-state index contributed by atoms with van der Waals surface area (Å²) in [5, 5.41) is 3.25. The first-order chi connectivity index (χ1) is 8.83. The van der Waals surface area contributed by atoms with E-state index in [4.69, 9.17) is 5.73 Å². The third kappa shape index (κ3) is 2.31. The van der Waals surface area contributed by atoms with Gasteiger partial charge in [0.1, 0.15) is 0 Å². The van der Waals surface area contributed by atoms with Crippen molar-refractivity contribution in [1.29, 1.82) is 0 Å². The molecule has 2 saturated carbocycles. The molecule has 0 radical (unpaired) electrons. The molecule has 110 valence electrons. The van der Waals surface area contributed by atoms with Gasteiger partial charge in [-0.2, -0.15) is 0 Å². The number of nitrogens with two attached hydrogens (primary N) is 1. The Balaban J connectivity index is 1.96. The topological polar surface area (TPSA) is 55.1 Å². The van der Waals surface area contributed by atoms with Gasteiger partial charge in [0.05, 0.1) is 6.04 Å². The van der Waals surface area contributed by atoms with Gasteiger partial charge >= 0.3 is 0 Å². The number of nitrogens with one attached hydrogen (secondary N) is 1. The van der Waals surface area contributed by atoms with Crippen LogP contribution in [-0.4, -0.2) is 18.0 Å². The first-order valence-electron chi connectivity index (χ1n) is 7.89. The van der Waals surface area contributed by atoms with Crippen molar-refractivity contribution in [3.8, 4) is 0 Å². The third-order valence-corrected chi connectivity index (χ3v) is 6.32. The van der Waals surface area contributed by atoms with E-state index in [-0.39, 0.29) is 17.4 Å². The second kappa shape index (κ2) is 5.08. The number of carbonyl (C=O) groups excluding carboxylic acids is 1. The highest BCUT2D eigenvalue weighted by atomic mass is 16.2. The zero-order chi connectivity index (χ0) is 14.3. The van der Waals surface area contributed by atoms with E-state index >= 15 is 0 Å². The minimum Gasteiger partial charge on any atom is -0.351 e. The highest BCUT2D eigenvalue weighted by molar-refractivity contribution is 5.81. The molecule has 0 aliphatic heterocycles. The minimum atomic E-state index is -0.328. The second-order valence-corrected chi connectivity index (χ2v) is 7.42. The molecule has 0 spiro atoms. The Morgan fingerprint density at radius 1 is 1.42 bits per heavy atom. The molecule has 2 aliphatic carbocycles. The van der Waals surface area contributed by atoms with Crippen LogP contribution in [0.1, 0.15) is 66.2 Å². The number of hydrogen-bond donors (Lipinski definition) is 2. The summed E-state index contributed by atoms with van der Waals surface area (Å²) in [6.07, 6.45) is 6.62. The molecule has 3 unspecified atom stereocenters. The monoisotopic (exact) mass is 266 g/mol. The van der Waals surface area contributed by atoms with E-state index in [1.165, 1.54) is 12.8 Å². The van der Waals surface area contributed by atoms with E-state index in [0.29, 0.717) is 11.5 Å². The summed E-state index contributed by atoms with van der Waals surface area (Å²) < 4.78 is 0. The lowest BCUT2D eigenvalue weighted by Crippen LogP contribution is -2.51. The van der Waals surface area contributed by atoms with Gasteiger partial charge in [-0.3, -0.25) is 4.79 Å². The molecule has 19 heavy (non-hydrogen) atoms. The van der Waals surface area contributed by atoms with Crippen molar-refractivity contribution in [1.82, 2.24) is 5.32 Å². The van der Waals surface area contributed by atoms with Crippen LogP contribution in [0, 0.1) is 16.7 Å². The SMILES string of the molecule is CCCC[C@H](N)C(=O)NC1CC2CCC1(C)C2(C)C. The summed E-state index contributed by atoms with van der Waals surface area (Å²) >= 11 is 0. The molecule has 4 atom stereocenters. The van der Waals surface area contributed by atoms with Crippen LogP contribution in [0.15, 0.2) is 0 Å². The smallest absolute Gasteiger partial charge is 0.237 e. The summed E-state index contributed by atoms with van der Waals surface area (Å²) in [7, 11) is 0. The van der Waals surface area contributed by atoms with Gasteiger partial charge in [0.25, 0.3) is 0 Å². The largest absolute Gasteiger partial charge is 0.351 e. The third-order valence-electron chi connectivity index (χ3n) is 6.32. The van der Waals surface area contributed by atoms with Crippen LogP contribution < -0.4 is 11.1 Å². The lowest BCUT2D eigenvalue weighted by molar-refractivity contribution is -0.124. The van der Waals surface area contributed by atoms with Gasteiger partial charge in [-0.1, -0.05) is 40.5 Å². The maximum absolute atomic E-state index is 12.2. The number of fused-ring (bicyclic) bond motifs is 2. The Morgan fingerprint density at radius 3 is 2.58 bits per heavy atom. The van der Waals surface area contributed by atoms with Crippen LogP contribution in [0.3, 0.4) is 0 Å². The number of rotatable bonds is 5. The van der Waals surface area contributed by atoms with Crippen molar-refractivity contribution in [2.24, 2.45) is 22.5 Å². The van der Waals surface area contributed by atoms with Crippen LogP contribution in [0.5, 0.6) is 0 Å². The van der Waals surface area contributed by atoms with Crippen LogP contribution in [0.2, 0.25) is 0 Å². The van der Waals surface area contributed by atoms with E-state index in [2.05, 4.69) is 33.0 Å². The number of carbonyl (C=O) groups is 1. The minimum absolute atomic E-state index is 0.0584. The van der Waals surface area contributed by atoms with Gasteiger partial charge in [0.15, 0.2) is 0 Å². The molecule has 0 aromatic rings. The van der Waals surface area contributed by atoms with Crippen molar-refractivity contribution in [2.45, 2.75) is 78.3 Å². The summed E-state index contributed by atoms with van der Waals surface area (Å²) in [4.78, 5) is 12.2. The van der Waals surface area contributed by atoms with Crippen LogP contribution in [-0.2, 0) is 4.79 Å². The Morgan fingerprint density at radius 2 is 2.11 bits per heavy atom. The average Bonchev–Trinajstić information content (AvgIpc) is 2.68. The molecule has 2 aliphatic rings. The fourth-order valence-electron chi connectivity index (χ4n) is 4.26. The lowest BCUT2D eigenvalue weighted by atomic mass is 9.69. The van der Waals surface area contributed by atoms with Crippen molar-refractivity contribution >= 4 is 5.91 Å². The van der Waals surface area contributed by atoms with E-state index in [1.54, 1.807) is 0 Å². The molecule has 1 amide bonds. The first kappa shape index (κ1) is 14.8. The van der Waals surface area contributed by atoms with Crippen LogP contribution in [0.4, 0.5) is 0 Å². The maximum Gasteiger partial charge on any atom is 0.237 e. The fraction of sp³-hybridized carbons (Fsp3) is 0.938. The summed E-state index contributed by atoms with van der Waals surface area (Å²) in [5.74, 6) is 0.817. The zero-order valence-electron chi connectivity index (χ0n) is 13.0. The van der Waals surface area contributed by atoms with Gasteiger partial charge in [-0.05, 0) is 42.4 Å². The van der Waals surface area contributed by atoms with Gasteiger partial charge in [0.2, 0.25) is 5.91 Å². The van der Waals surface area contributed by atoms with E-state index in [0.717, 1.165) is 31.6 Å². The molecule has 0 aromatic heterocycles. The van der Waals surface area contributed by atoms with Gasteiger partial charge in [-0.15, -0.1) is 0 Å². The lowest BCUT2D eigenvalue weighted by Gasteiger charge is -2.39. The Bertz CT molecular complexity index is 353. The molecule has 0 saturated heterocycles. The van der Waals surface area contributed by atoms with Gasteiger partial charge < -0.3 is 11.1 Å². The highest BCUT2D eigenvalue weighted by Crippen LogP contribution is 2.65. The molecule has 2 bridgehead atoms. The maximum atomic E-state index is 12.2. The molecule has 2 fully saturated rings. The van der Waals surface area contributed by atoms with Crippen molar-refractivity contribution in [3.05, 3.63) is 0 Å². The molecule has 3 N–H and O–H groups in total. The molecule has 2 rings (SSSR count). The summed E-state index contributed by atoms with van der Waals surface area (Å²) in [5.41, 5.74) is 6.57. The van der Waals surface area contributed by atoms with Crippen LogP contribution in [0.25, 0.3) is 0 Å². The van der Waals surface area contributed by atoms with E-state index in [9.17, 15) is 4.79 Å². The Labute approximate surface area is 117 Å². The number of hydrogen-bond acceptors (Lipinski definition) is 2. The highest BCUT2D eigenvalue weighted by Gasteiger charge is 2.61. The fourth-order valence-corrected chi connectivity index (χ4v) is 4.26. The molecular weight excluding hydrogens is 236 g/mol. The predicted molar refractivity (Wildman–Crippen MR) is 78.7 cm³/mol. The van der Waals surface area contributed by atoms with Gasteiger partial charge in [0, 0.05) is 6.04 Å². The molecule has 3 nitrogen and oxygen atoms in total. The first-order valence-corrected chi connectivity index (χ1v) is 7.89. The van der Waals surface area contributed by atoms with Crippen molar-refractivity contribution in [3.63, 3.8) is 0 Å². The normalized spacial score (nSPS) is 37.3. The predicted octanol–water partition coefficient (Wildman–Crippen LogP) is 2.83. The molecular formula is C16H30N2O. The molecule has 0 aromatic carbocycles. The number of amides is 1. The average molecular weight is 266 g/mol. The van der Waals surface area contributed by atoms with Gasteiger partial charge in [-0.25, -0.2) is 0 Å². The molecule has 0 heterocycles. The number of unbranched alkanes of at least 4 members (excludes halogenated alkanes) is 1. The summed E-state index contributed by atoms with van der Waals surface area (Å²) in [6, 6.07) is -0.00721. The Hall–Kier alpha value is -0.570. The Kier molecular flexibility index (Phi) is 3.97. The van der Waals surface area contributed by atoms with Crippen molar-refractivity contribution in [2.75, 3.05) is 0 Å². The van der Waals surface area contributed by atoms with E-state index in [1.807, 2.05) is 0 Å². The van der Waals surface area contributed by atoms with Crippen LogP contribution >= 0.6 is 0 Å². The quantitative estimate of drug-likeness (QED) is 0.804. The molecule has 3 heteroatoms. The summed E-state index contributed by atoms with van der Waals surface area (Å²) in [6.45, 7) is 9.22. The van der Waals surface area contributed by atoms with Crippen molar-refractivity contribution < 1.29 is 4.79 Å². The second-order valence-electron chi connectivity index (χ2n) is 7.42.